The predicted octanol–water partition coefficient (Wildman–Crippen LogP) is 3.32. The Morgan fingerprint density at radius 2 is 1.78 bits per heavy atom. The number of anilines is 1. The van der Waals surface area contributed by atoms with Crippen LogP contribution in [0.15, 0.2) is 39.9 Å². The number of benzene rings is 1. The topological polar surface area (TPSA) is 65.1 Å². The fourth-order valence-electron chi connectivity index (χ4n) is 5.53. The van der Waals surface area contributed by atoms with Crippen molar-refractivity contribution >= 4 is 17.1 Å². The maximum atomic E-state index is 13.5. The van der Waals surface area contributed by atoms with Gasteiger partial charge in [-0.1, -0.05) is 56.5 Å². The van der Waals surface area contributed by atoms with E-state index in [-0.39, 0.29) is 11.2 Å². The summed E-state index contributed by atoms with van der Waals surface area (Å²) in [5.41, 5.74) is 1.84. The minimum Gasteiger partial charge on any atom is -0.339 e. The highest BCUT2D eigenvalue weighted by molar-refractivity contribution is 5.75. The Hall–Kier alpha value is -2.83. The van der Waals surface area contributed by atoms with E-state index in [0.29, 0.717) is 29.7 Å². The lowest BCUT2D eigenvalue weighted by Gasteiger charge is -2.40. The summed E-state index contributed by atoms with van der Waals surface area (Å²) >= 11 is 0. The molecule has 7 nitrogen and oxygen atoms in total. The van der Waals surface area contributed by atoms with Crippen LogP contribution in [0.5, 0.6) is 0 Å². The van der Waals surface area contributed by atoms with Gasteiger partial charge in [0.05, 0.1) is 0 Å². The van der Waals surface area contributed by atoms with Crippen LogP contribution < -0.4 is 16.1 Å². The van der Waals surface area contributed by atoms with Crippen LogP contribution >= 0.6 is 0 Å². The van der Waals surface area contributed by atoms with E-state index in [2.05, 4.69) is 28.5 Å². The molecule has 170 valence electrons. The molecule has 2 aliphatic rings. The van der Waals surface area contributed by atoms with E-state index in [1.54, 1.807) is 11.6 Å². The van der Waals surface area contributed by atoms with E-state index in [4.69, 9.17) is 4.98 Å². The van der Waals surface area contributed by atoms with Crippen molar-refractivity contribution < 1.29 is 0 Å². The van der Waals surface area contributed by atoms with Crippen LogP contribution in [0.25, 0.3) is 11.2 Å². The molecule has 1 aromatic carbocycles. The van der Waals surface area contributed by atoms with Gasteiger partial charge >= 0.3 is 5.69 Å². The minimum absolute atomic E-state index is 0.201. The lowest BCUT2D eigenvalue weighted by atomic mass is 9.93. The van der Waals surface area contributed by atoms with Crippen molar-refractivity contribution in [1.82, 2.24) is 18.7 Å². The molecule has 0 spiro atoms. The summed E-state index contributed by atoms with van der Waals surface area (Å²) in [6.45, 7) is 4.39. The Morgan fingerprint density at radius 3 is 2.53 bits per heavy atom. The van der Waals surface area contributed by atoms with Gasteiger partial charge < -0.3 is 9.47 Å². The molecule has 0 bridgehead atoms. The van der Waals surface area contributed by atoms with Gasteiger partial charge in [-0.2, -0.15) is 4.98 Å². The van der Waals surface area contributed by atoms with Crippen molar-refractivity contribution in [3.8, 4) is 0 Å². The second kappa shape index (κ2) is 8.60. The minimum atomic E-state index is -0.275. The number of aromatic nitrogens is 4. The number of rotatable bonds is 5. The first kappa shape index (κ1) is 21.0. The van der Waals surface area contributed by atoms with Crippen LogP contribution in [0.4, 0.5) is 5.95 Å². The molecule has 0 N–H and O–H groups in total. The summed E-state index contributed by atoms with van der Waals surface area (Å²) in [6.07, 6.45) is 7.75. The standard InChI is InChI=1S/C25H33N5O2/c1-18-16-29(20-13-7-4-8-14-20)24-26-22-21(30(24)17-18)23(31)28(25(32)27(22)2)15-9-12-19-10-5-3-6-11-19/h3,5-6,10-11,18,20H,4,7-9,12-17H2,1-2H3/t18-/m1/s1. The second-order valence-corrected chi connectivity index (χ2v) is 9.63. The van der Waals surface area contributed by atoms with Gasteiger partial charge in [0.2, 0.25) is 5.95 Å². The van der Waals surface area contributed by atoms with Crippen LogP contribution in [0, 0.1) is 5.92 Å². The first-order valence-electron chi connectivity index (χ1n) is 12.0. The molecule has 0 amide bonds. The molecule has 5 rings (SSSR count). The van der Waals surface area contributed by atoms with Crippen LogP contribution in [0.2, 0.25) is 0 Å². The molecule has 2 aromatic heterocycles. The highest BCUT2D eigenvalue weighted by Gasteiger charge is 2.33. The summed E-state index contributed by atoms with van der Waals surface area (Å²) in [5, 5.41) is 0. The Bertz CT molecular complexity index is 1220. The molecule has 1 fully saturated rings. The van der Waals surface area contributed by atoms with E-state index >= 15 is 0 Å². The van der Waals surface area contributed by atoms with E-state index in [1.807, 2.05) is 18.2 Å². The molecule has 1 aliphatic heterocycles. The fraction of sp³-hybridized carbons (Fsp3) is 0.560. The smallest absolute Gasteiger partial charge is 0.332 e. The summed E-state index contributed by atoms with van der Waals surface area (Å²) < 4.78 is 5.06. The lowest BCUT2D eigenvalue weighted by Crippen LogP contribution is -2.45. The summed E-state index contributed by atoms with van der Waals surface area (Å²) in [7, 11) is 1.74. The van der Waals surface area contributed by atoms with Crippen molar-refractivity contribution in [2.45, 2.75) is 71.0 Å². The van der Waals surface area contributed by atoms with E-state index < -0.39 is 0 Å². The number of aryl methyl sites for hydroxylation is 2. The molecule has 0 radical (unpaired) electrons. The van der Waals surface area contributed by atoms with Crippen LogP contribution in [-0.2, 0) is 26.6 Å². The molecule has 1 atom stereocenters. The number of fused-ring (bicyclic) bond motifs is 3. The van der Waals surface area contributed by atoms with Crippen molar-refractivity contribution in [1.29, 1.82) is 0 Å². The van der Waals surface area contributed by atoms with Gasteiger partial charge in [0.1, 0.15) is 0 Å². The Morgan fingerprint density at radius 1 is 1.03 bits per heavy atom. The SMILES string of the molecule is C[C@@H]1CN(C2CCCCC2)c2nc3c(c(=O)n(CCCc4ccccc4)c(=O)n3C)n2C1. The molecular formula is C25H33N5O2. The first-order chi connectivity index (χ1) is 15.5. The molecule has 3 heterocycles. The average Bonchev–Trinajstić information content (AvgIpc) is 3.20. The summed E-state index contributed by atoms with van der Waals surface area (Å²) in [6, 6.07) is 10.7. The Balaban J connectivity index is 1.53. The summed E-state index contributed by atoms with van der Waals surface area (Å²) in [5.74, 6) is 1.31. The van der Waals surface area contributed by atoms with E-state index in [0.717, 1.165) is 31.9 Å². The number of imidazole rings is 1. The maximum absolute atomic E-state index is 13.5. The van der Waals surface area contributed by atoms with E-state index in [9.17, 15) is 9.59 Å². The lowest BCUT2D eigenvalue weighted by molar-refractivity contribution is 0.354. The highest BCUT2D eigenvalue weighted by atomic mass is 16.2. The van der Waals surface area contributed by atoms with Crippen molar-refractivity contribution in [2.24, 2.45) is 13.0 Å². The maximum Gasteiger partial charge on any atom is 0.332 e. The van der Waals surface area contributed by atoms with Gasteiger partial charge in [-0.05, 0) is 37.2 Å². The average molecular weight is 436 g/mol. The second-order valence-electron chi connectivity index (χ2n) is 9.63. The number of hydrogen-bond acceptors (Lipinski definition) is 4. The fourth-order valence-corrected chi connectivity index (χ4v) is 5.53. The van der Waals surface area contributed by atoms with Crippen LogP contribution in [-0.4, -0.2) is 31.3 Å². The van der Waals surface area contributed by atoms with Crippen LogP contribution in [0.3, 0.4) is 0 Å². The van der Waals surface area contributed by atoms with Crippen LogP contribution in [0.1, 0.15) is 51.0 Å². The Labute approximate surface area is 188 Å². The largest absolute Gasteiger partial charge is 0.339 e. The normalized spacial score (nSPS) is 19.4. The molecule has 1 aliphatic carbocycles. The number of nitrogens with zero attached hydrogens (tertiary/aromatic N) is 5. The zero-order valence-electron chi connectivity index (χ0n) is 19.2. The van der Waals surface area contributed by atoms with E-state index in [1.165, 1.54) is 42.2 Å². The third-order valence-corrected chi connectivity index (χ3v) is 7.18. The third kappa shape index (κ3) is 3.67. The molecule has 1 saturated carbocycles. The Kier molecular flexibility index (Phi) is 5.66. The van der Waals surface area contributed by atoms with Gasteiger partial charge in [-0.3, -0.25) is 13.9 Å². The van der Waals surface area contributed by atoms with Gasteiger partial charge in [-0.15, -0.1) is 0 Å². The van der Waals surface area contributed by atoms with Crippen molar-refractivity contribution in [3.63, 3.8) is 0 Å². The number of hydrogen-bond donors (Lipinski definition) is 0. The van der Waals surface area contributed by atoms with Crippen molar-refractivity contribution in [2.75, 3.05) is 11.4 Å². The monoisotopic (exact) mass is 435 g/mol. The molecule has 7 heteroatoms. The molecule has 0 unspecified atom stereocenters. The van der Waals surface area contributed by atoms with Gasteiger partial charge in [-0.25, -0.2) is 4.79 Å². The first-order valence-corrected chi connectivity index (χ1v) is 12.0. The molecule has 0 saturated heterocycles. The van der Waals surface area contributed by atoms with Gasteiger partial charge in [0.15, 0.2) is 11.2 Å². The highest BCUT2D eigenvalue weighted by Crippen LogP contribution is 2.32. The molecule has 3 aromatic rings. The zero-order chi connectivity index (χ0) is 22.2. The third-order valence-electron chi connectivity index (χ3n) is 7.18. The van der Waals surface area contributed by atoms with Gasteiger partial charge in [0.25, 0.3) is 5.56 Å². The molecule has 32 heavy (non-hydrogen) atoms. The zero-order valence-corrected chi connectivity index (χ0v) is 19.2. The quantitative estimate of drug-likeness (QED) is 0.617. The van der Waals surface area contributed by atoms with Crippen molar-refractivity contribution in [3.05, 3.63) is 56.7 Å². The molecular weight excluding hydrogens is 402 g/mol. The summed E-state index contributed by atoms with van der Waals surface area (Å²) in [4.78, 5) is 33.9. The van der Waals surface area contributed by atoms with Gasteiger partial charge in [0, 0.05) is 32.7 Å². The predicted molar refractivity (Wildman–Crippen MR) is 127 cm³/mol.